The molecule has 0 aromatic heterocycles. The third-order valence-corrected chi connectivity index (χ3v) is 5.19. The highest BCUT2D eigenvalue weighted by Crippen LogP contribution is 2.34. The number of rotatable bonds is 3. The molecule has 0 radical (unpaired) electrons. The van der Waals surface area contributed by atoms with Gasteiger partial charge < -0.3 is 10.2 Å². The Morgan fingerprint density at radius 1 is 1.06 bits per heavy atom. The van der Waals surface area contributed by atoms with E-state index in [1.165, 1.54) is 45.2 Å². The molecule has 1 saturated carbocycles. The van der Waals surface area contributed by atoms with E-state index in [0.717, 1.165) is 29.8 Å². The second kappa shape index (κ2) is 6.38. The Balaban J connectivity index is 1.88. The third-order valence-electron chi connectivity index (χ3n) is 5.19. The smallest absolute Gasteiger partial charge is 0.0103 e. The van der Waals surface area contributed by atoms with Crippen molar-refractivity contribution in [3.63, 3.8) is 0 Å². The van der Waals surface area contributed by atoms with Crippen LogP contribution in [0.2, 0.25) is 0 Å². The van der Waals surface area contributed by atoms with Gasteiger partial charge in [0, 0.05) is 12.1 Å². The summed E-state index contributed by atoms with van der Waals surface area (Å²) in [5.41, 5.74) is 0. The number of piperidine rings is 1. The maximum absolute atomic E-state index is 4.01. The molecule has 1 aliphatic heterocycles. The first-order valence-corrected chi connectivity index (χ1v) is 8.01. The van der Waals surface area contributed by atoms with Gasteiger partial charge in [-0.15, -0.1) is 0 Å². The Hall–Kier alpha value is -0.0800. The van der Waals surface area contributed by atoms with Gasteiger partial charge in [0.1, 0.15) is 0 Å². The predicted octanol–water partition coefficient (Wildman–Crippen LogP) is 3.13. The van der Waals surface area contributed by atoms with E-state index in [2.05, 4.69) is 38.0 Å². The van der Waals surface area contributed by atoms with Gasteiger partial charge in [0.25, 0.3) is 0 Å². The van der Waals surface area contributed by atoms with Gasteiger partial charge in [0.05, 0.1) is 0 Å². The van der Waals surface area contributed by atoms with Crippen molar-refractivity contribution in [1.82, 2.24) is 10.2 Å². The minimum atomic E-state index is 0.776. The summed E-state index contributed by atoms with van der Waals surface area (Å²) in [7, 11) is 2.25. The van der Waals surface area contributed by atoms with Gasteiger partial charge in [-0.3, -0.25) is 0 Å². The Bertz CT molecular complexity index is 243. The fourth-order valence-corrected chi connectivity index (χ4v) is 3.87. The summed E-state index contributed by atoms with van der Waals surface area (Å²) in [6, 6.07) is 1.56. The molecule has 2 heteroatoms. The molecule has 0 aromatic rings. The first-order valence-electron chi connectivity index (χ1n) is 8.01. The van der Waals surface area contributed by atoms with Crippen molar-refractivity contribution in [3.05, 3.63) is 0 Å². The van der Waals surface area contributed by atoms with Crippen molar-refractivity contribution >= 4 is 0 Å². The topological polar surface area (TPSA) is 15.3 Å². The number of nitrogens with one attached hydrogen (secondary N) is 1. The summed E-state index contributed by atoms with van der Waals surface area (Å²) >= 11 is 0. The van der Waals surface area contributed by atoms with Gasteiger partial charge in [0.2, 0.25) is 0 Å². The standard InChI is InChI=1S/C16H32N2/c1-12(2)15-6-5-13(3)11-16(15)17-14-7-9-18(4)10-8-14/h12-17H,5-11H2,1-4H3. The van der Waals surface area contributed by atoms with Crippen molar-refractivity contribution in [1.29, 1.82) is 0 Å². The number of hydrogen-bond acceptors (Lipinski definition) is 2. The monoisotopic (exact) mass is 252 g/mol. The lowest BCUT2D eigenvalue weighted by atomic mass is 9.73. The van der Waals surface area contributed by atoms with E-state index in [0.29, 0.717) is 0 Å². The molecule has 106 valence electrons. The van der Waals surface area contributed by atoms with E-state index in [4.69, 9.17) is 0 Å². The van der Waals surface area contributed by atoms with E-state index in [1.54, 1.807) is 0 Å². The van der Waals surface area contributed by atoms with E-state index in [-0.39, 0.29) is 0 Å². The van der Waals surface area contributed by atoms with Crippen LogP contribution in [0.25, 0.3) is 0 Å². The quantitative estimate of drug-likeness (QED) is 0.830. The molecule has 0 amide bonds. The molecule has 2 nitrogen and oxygen atoms in total. The van der Waals surface area contributed by atoms with Crippen molar-refractivity contribution in [3.8, 4) is 0 Å². The van der Waals surface area contributed by atoms with Crippen LogP contribution in [0.1, 0.15) is 52.9 Å². The molecule has 2 rings (SSSR count). The molecule has 1 heterocycles. The number of hydrogen-bond donors (Lipinski definition) is 1. The summed E-state index contributed by atoms with van der Waals surface area (Å²) in [4.78, 5) is 2.46. The summed E-state index contributed by atoms with van der Waals surface area (Å²) in [5, 5.41) is 4.01. The van der Waals surface area contributed by atoms with Crippen LogP contribution in [-0.4, -0.2) is 37.1 Å². The Morgan fingerprint density at radius 2 is 1.72 bits per heavy atom. The maximum Gasteiger partial charge on any atom is 0.0103 e. The zero-order chi connectivity index (χ0) is 13.1. The molecular formula is C16H32N2. The predicted molar refractivity (Wildman–Crippen MR) is 78.8 cm³/mol. The van der Waals surface area contributed by atoms with Gasteiger partial charge >= 0.3 is 0 Å². The van der Waals surface area contributed by atoms with Gasteiger partial charge in [-0.25, -0.2) is 0 Å². The Labute approximate surface area is 114 Å². The van der Waals surface area contributed by atoms with Gasteiger partial charge in [-0.2, -0.15) is 0 Å². The van der Waals surface area contributed by atoms with Crippen LogP contribution >= 0.6 is 0 Å². The van der Waals surface area contributed by atoms with Crippen molar-refractivity contribution in [2.75, 3.05) is 20.1 Å². The van der Waals surface area contributed by atoms with E-state index >= 15 is 0 Å². The van der Waals surface area contributed by atoms with Crippen LogP contribution in [-0.2, 0) is 0 Å². The first kappa shape index (κ1) is 14.3. The molecule has 1 aliphatic carbocycles. The molecule has 0 spiro atoms. The highest BCUT2D eigenvalue weighted by molar-refractivity contribution is 4.89. The van der Waals surface area contributed by atoms with Gasteiger partial charge in [-0.1, -0.05) is 27.2 Å². The molecule has 0 aromatic carbocycles. The molecule has 3 atom stereocenters. The van der Waals surface area contributed by atoms with E-state index in [9.17, 15) is 0 Å². The average Bonchev–Trinajstić information content (AvgIpc) is 2.32. The number of likely N-dealkylation sites (tertiary alicyclic amines) is 1. The maximum atomic E-state index is 4.01. The van der Waals surface area contributed by atoms with Crippen LogP contribution in [0.4, 0.5) is 0 Å². The molecule has 2 fully saturated rings. The molecule has 2 aliphatic rings. The van der Waals surface area contributed by atoms with Crippen LogP contribution < -0.4 is 5.32 Å². The lowest BCUT2D eigenvalue weighted by molar-refractivity contribution is 0.139. The molecule has 3 unspecified atom stereocenters. The van der Waals surface area contributed by atoms with Crippen LogP contribution in [0, 0.1) is 17.8 Å². The Morgan fingerprint density at radius 3 is 2.33 bits per heavy atom. The van der Waals surface area contributed by atoms with Crippen LogP contribution in [0.15, 0.2) is 0 Å². The summed E-state index contributed by atoms with van der Waals surface area (Å²) in [5.74, 6) is 2.66. The van der Waals surface area contributed by atoms with Gasteiger partial charge in [-0.05, 0) is 63.6 Å². The van der Waals surface area contributed by atoms with E-state index < -0.39 is 0 Å². The molecule has 18 heavy (non-hydrogen) atoms. The Kier molecular flexibility index (Phi) is 5.08. The fourth-order valence-electron chi connectivity index (χ4n) is 3.87. The largest absolute Gasteiger partial charge is 0.311 e. The first-order chi connectivity index (χ1) is 8.56. The number of nitrogens with zero attached hydrogens (tertiary/aromatic N) is 1. The second-order valence-corrected chi connectivity index (χ2v) is 7.18. The van der Waals surface area contributed by atoms with Crippen LogP contribution in [0.3, 0.4) is 0 Å². The second-order valence-electron chi connectivity index (χ2n) is 7.18. The van der Waals surface area contributed by atoms with Crippen molar-refractivity contribution in [2.24, 2.45) is 17.8 Å². The summed E-state index contributed by atoms with van der Waals surface area (Å²) in [6.45, 7) is 9.78. The zero-order valence-corrected chi connectivity index (χ0v) is 12.8. The zero-order valence-electron chi connectivity index (χ0n) is 12.8. The molecular weight excluding hydrogens is 220 g/mol. The van der Waals surface area contributed by atoms with Crippen LogP contribution in [0.5, 0.6) is 0 Å². The highest BCUT2D eigenvalue weighted by Gasteiger charge is 2.32. The average molecular weight is 252 g/mol. The lowest BCUT2D eigenvalue weighted by Gasteiger charge is -2.41. The normalized spacial score (nSPS) is 36.2. The summed E-state index contributed by atoms with van der Waals surface area (Å²) < 4.78 is 0. The minimum Gasteiger partial charge on any atom is -0.311 e. The van der Waals surface area contributed by atoms with E-state index in [1.807, 2.05) is 0 Å². The highest BCUT2D eigenvalue weighted by atomic mass is 15.1. The lowest BCUT2D eigenvalue weighted by Crippen LogP contribution is -2.50. The molecule has 1 N–H and O–H groups in total. The fraction of sp³-hybridized carbons (Fsp3) is 1.00. The third kappa shape index (κ3) is 3.71. The van der Waals surface area contributed by atoms with Crippen molar-refractivity contribution in [2.45, 2.75) is 65.0 Å². The van der Waals surface area contributed by atoms with Crippen molar-refractivity contribution < 1.29 is 0 Å². The summed E-state index contributed by atoms with van der Waals surface area (Å²) in [6.07, 6.45) is 6.95. The SMILES string of the molecule is CC1CCC(C(C)C)C(NC2CCN(C)CC2)C1. The van der Waals surface area contributed by atoms with Gasteiger partial charge in [0.15, 0.2) is 0 Å². The molecule has 1 saturated heterocycles. The molecule has 0 bridgehead atoms. The minimum absolute atomic E-state index is 0.776.